The lowest BCUT2D eigenvalue weighted by molar-refractivity contribution is -0.355. The molecule has 0 saturated carbocycles. The van der Waals surface area contributed by atoms with E-state index in [0.717, 1.165) is 0 Å². The molecule has 0 aliphatic carbocycles. The van der Waals surface area contributed by atoms with Crippen molar-refractivity contribution in [2.24, 2.45) is 4.99 Å². The first-order valence-electron chi connectivity index (χ1n) is 15.0. The molecule has 0 radical (unpaired) electrons. The molecule has 8 unspecified atom stereocenters. The summed E-state index contributed by atoms with van der Waals surface area (Å²) >= 11 is 0. The van der Waals surface area contributed by atoms with Gasteiger partial charge in [0, 0.05) is 6.92 Å². The Balaban J connectivity index is 1.20. The molecule has 0 aromatic rings. The van der Waals surface area contributed by atoms with Gasteiger partial charge in [0.2, 0.25) is 6.29 Å². The number of hydrogen-bond donors (Lipinski definition) is 12. The molecule has 4 saturated heterocycles. The van der Waals surface area contributed by atoms with Crippen LogP contribution in [0.4, 0.5) is 0 Å². The maximum absolute atomic E-state index is 10.9. The van der Waals surface area contributed by atoms with E-state index in [1.165, 1.54) is 6.92 Å². The molecule has 0 aromatic heterocycles. The van der Waals surface area contributed by atoms with Crippen molar-refractivity contribution in [3.63, 3.8) is 0 Å². The van der Waals surface area contributed by atoms with Crippen LogP contribution >= 0.6 is 0 Å². The van der Waals surface area contributed by atoms with Crippen LogP contribution in [0.5, 0.6) is 0 Å². The highest BCUT2D eigenvalue weighted by atomic mass is 16.8. The molecule has 5 aliphatic heterocycles. The summed E-state index contributed by atoms with van der Waals surface area (Å²) in [6.45, 7) is -1.10. The molecule has 0 amide bonds. The van der Waals surface area contributed by atoms with Crippen LogP contribution in [0.2, 0.25) is 0 Å². The van der Waals surface area contributed by atoms with Gasteiger partial charge in [0.1, 0.15) is 97.6 Å². The lowest BCUT2D eigenvalue weighted by atomic mass is 9.96. The molecule has 47 heavy (non-hydrogen) atoms. The highest BCUT2D eigenvalue weighted by Crippen LogP contribution is 2.33. The smallest absolute Gasteiger partial charge is 0.227 e. The Hall–Kier alpha value is -1.29. The van der Waals surface area contributed by atoms with Crippen molar-refractivity contribution >= 4 is 5.90 Å². The van der Waals surface area contributed by atoms with Crippen molar-refractivity contribution in [1.29, 1.82) is 0 Å². The van der Waals surface area contributed by atoms with Gasteiger partial charge in [0.15, 0.2) is 24.8 Å². The molecule has 21 heteroatoms. The van der Waals surface area contributed by atoms with Crippen LogP contribution in [0, 0.1) is 0 Å². The van der Waals surface area contributed by atoms with Gasteiger partial charge >= 0.3 is 0 Å². The Bertz CT molecular complexity index is 1060. The van der Waals surface area contributed by atoms with Crippen LogP contribution in [-0.2, 0) is 37.9 Å². The van der Waals surface area contributed by atoms with Crippen molar-refractivity contribution in [2.45, 2.75) is 130 Å². The third kappa shape index (κ3) is 7.44. The highest BCUT2D eigenvalue weighted by molar-refractivity contribution is 5.75. The van der Waals surface area contributed by atoms with Crippen molar-refractivity contribution in [3.8, 4) is 0 Å². The summed E-state index contributed by atoms with van der Waals surface area (Å²) in [5, 5.41) is 123. The Morgan fingerprint density at radius 2 is 0.979 bits per heavy atom. The molecule has 21 nitrogen and oxygen atoms in total. The zero-order valence-corrected chi connectivity index (χ0v) is 25.0. The fourth-order valence-corrected chi connectivity index (χ4v) is 5.96. The topological polar surface area (TPSA) is 329 Å². The minimum absolute atomic E-state index is 0.230. The second-order valence-electron chi connectivity index (χ2n) is 12.0. The third-order valence-corrected chi connectivity index (χ3v) is 8.76. The van der Waals surface area contributed by atoms with E-state index in [4.69, 9.17) is 37.9 Å². The SMILES string of the molecule is CC1=NC2[C@@H](O1)OC(CO)[C@@H](O[C@@H]1OC(CO[C@H]3OC(CO[C@H]4OC(CO)[C@@H](O)[C@H](O)C4O)[C@@H](O)[C@H](O)C3O)[C@@H](O)[C@H](O)C1O)[C@@H]2O. The number of ether oxygens (including phenoxy) is 8. The molecule has 12 N–H and O–H groups in total. The Kier molecular flexibility index (Phi) is 12.0. The first-order valence-corrected chi connectivity index (χ1v) is 15.0. The van der Waals surface area contributed by atoms with Crippen molar-refractivity contribution in [1.82, 2.24) is 0 Å². The predicted molar refractivity (Wildman–Crippen MR) is 144 cm³/mol. The number of fused-ring (bicyclic) bond motifs is 1. The average Bonchev–Trinajstić information content (AvgIpc) is 3.44. The summed E-state index contributed by atoms with van der Waals surface area (Å²) < 4.78 is 44.0. The molecule has 4 fully saturated rings. The lowest BCUT2D eigenvalue weighted by Gasteiger charge is -2.45. The van der Waals surface area contributed by atoms with E-state index in [9.17, 15) is 61.3 Å². The molecule has 0 aromatic carbocycles. The van der Waals surface area contributed by atoms with Crippen LogP contribution in [0.3, 0.4) is 0 Å². The Morgan fingerprint density at radius 1 is 0.532 bits per heavy atom. The second kappa shape index (κ2) is 15.3. The van der Waals surface area contributed by atoms with Crippen molar-refractivity contribution < 1.29 is 99.2 Å². The van der Waals surface area contributed by atoms with Crippen molar-refractivity contribution in [3.05, 3.63) is 0 Å². The van der Waals surface area contributed by atoms with E-state index in [2.05, 4.69) is 4.99 Å². The zero-order chi connectivity index (χ0) is 34.3. The van der Waals surface area contributed by atoms with E-state index in [1.54, 1.807) is 0 Å². The number of nitrogens with zero attached hydrogens (tertiary/aromatic N) is 1. The number of aliphatic hydroxyl groups excluding tert-OH is 12. The van der Waals surface area contributed by atoms with Crippen molar-refractivity contribution in [2.75, 3.05) is 26.4 Å². The molecule has 0 spiro atoms. The number of rotatable bonds is 10. The molecule has 272 valence electrons. The summed E-state index contributed by atoms with van der Waals surface area (Å²) in [4.78, 5) is 4.14. The first-order chi connectivity index (χ1) is 22.3. The van der Waals surface area contributed by atoms with Gasteiger partial charge < -0.3 is 99.2 Å². The monoisotopic (exact) mass is 689 g/mol. The molecule has 20 atom stereocenters. The lowest BCUT2D eigenvalue weighted by Crippen LogP contribution is -2.64. The van der Waals surface area contributed by atoms with Crippen LogP contribution in [0.15, 0.2) is 4.99 Å². The zero-order valence-electron chi connectivity index (χ0n) is 25.0. The van der Waals surface area contributed by atoms with Crippen LogP contribution in [0.25, 0.3) is 0 Å². The number of aliphatic hydroxyl groups is 12. The fourth-order valence-electron chi connectivity index (χ4n) is 5.96. The van der Waals surface area contributed by atoms with Gasteiger partial charge in [-0.25, -0.2) is 4.99 Å². The molecule has 5 aliphatic rings. The van der Waals surface area contributed by atoms with Crippen LogP contribution in [-0.4, -0.2) is 216 Å². The average molecular weight is 690 g/mol. The predicted octanol–water partition coefficient (Wildman–Crippen LogP) is -8.28. The summed E-state index contributed by atoms with van der Waals surface area (Å²) in [6, 6.07) is -0.928. The van der Waals surface area contributed by atoms with E-state index >= 15 is 0 Å². The van der Waals surface area contributed by atoms with Gasteiger partial charge in [-0.15, -0.1) is 0 Å². The van der Waals surface area contributed by atoms with E-state index in [-0.39, 0.29) is 5.90 Å². The van der Waals surface area contributed by atoms with Gasteiger partial charge in [-0.05, 0) is 0 Å². The van der Waals surface area contributed by atoms with E-state index in [1.807, 2.05) is 0 Å². The normalized spacial score (nSPS) is 52.1. The van der Waals surface area contributed by atoms with Crippen LogP contribution < -0.4 is 0 Å². The van der Waals surface area contributed by atoms with Gasteiger partial charge in [-0.3, -0.25) is 0 Å². The highest BCUT2D eigenvalue weighted by Gasteiger charge is 2.54. The summed E-state index contributed by atoms with van der Waals surface area (Å²) in [5.74, 6) is 0.230. The van der Waals surface area contributed by atoms with Gasteiger partial charge in [-0.2, -0.15) is 0 Å². The minimum Gasteiger partial charge on any atom is -0.450 e. The molecular formula is C26H43NO20. The van der Waals surface area contributed by atoms with E-state index < -0.39 is 149 Å². The summed E-state index contributed by atoms with van der Waals surface area (Å²) in [5.41, 5.74) is 0. The minimum atomic E-state index is -1.87. The third-order valence-electron chi connectivity index (χ3n) is 8.76. The standard InChI is InChI=1S/C26H43NO20/c1-6-27-11-15(33)22(8(3-29)44-23(11)42-6)47-26-21(39)18(36)14(32)10(46-26)5-41-25-20(38)17(35)13(31)9(45-25)4-40-24-19(37)16(34)12(30)7(2-28)43-24/h7-26,28-39H,2-5H2,1H3/t7?,8?,9?,10?,11?,12-,13-,14-,15-,16+,17+,18+,19?,20?,21?,22-,23+,24+,25+,26+/m1/s1. The maximum Gasteiger partial charge on any atom is 0.227 e. The molecule has 0 bridgehead atoms. The quantitative estimate of drug-likeness (QED) is 0.101. The number of hydrogen-bond acceptors (Lipinski definition) is 21. The molecular weight excluding hydrogens is 646 g/mol. The summed E-state index contributed by atoms with van der Waals surface area (Å²) in [7, 11) is 0. The summed E-state index contributed by atoms with van der Waals surface area (Å²) in [6.07, 6.45) is -30.3. The van der Waals surface area contributed by atoms with Gasteiger partial charge in [0.25, 0.3) is 0 Å². The second-order valence-corrected chi connectivity index (χ2v) is 12.0. The Morgan fingerprint density at radius 3 is 1.49 bits per heavy atom. The molecule has 5 heterocycles. The Labute approximate surface area is 266 Å². The number of aliphatic imine (C=N–C) groups is 1. The van der Waals surface area contributed by atoms with Gasteiger partial charge in [0.05, 0.1) is 26.4 Å². The maximum atomic E-state index is 10.9. The van der Waals surface area contributed by atoms with Crippen LogP contribution in [0.1, 0.15) is 6.92 Å². The largest absolute Gasteiger partial charge is 0.450 e. The molecule has 5 rings (SSSR count). The van der Waals surface area contributed by atoms with Gasteiger partial charge in [-0.1, -0.05) is 0 Å². The fraction of sp³-hybridized carbons (Fsp3) is 0.962. The first kappa shape index (κ1) is 37.0. The van der Waals surface area contributed by atoms with E-state index in [0.29, 0.717) is 0 Å².